The zero-order chi connectivity index (χ0) is 10.6. The van der Waals surface area contributed by atoms with Crippen molar-refractivity contribution in [3.63, 3.8) is 0 Å². The highest BCUT2D eigenvalue weighted by molar-refractivity contribution is 6.03. The zero-order valence-electron chi connectivity index (χ0n) is 9.34. The minimum absolute atomic E-state index is 0.378. The maximum atomic E-state index is 12.0. The molecule has 0 N–H and O–H groups in total. The van der Waals surface area contributed by atoms with E-state index in [0.717, 1.165) is 17.9 Å². The molecule has 0 heterocycles. The first-order valence-electron chi connectivity index (χ1n) is 5.82. The van der Waals surface area contributed by atoms with Crippen LogP contribution in [-0.4, -0.2) is 5.78 Å². The van der Waals surface area contributed by atoms with E-state index >= 15 is 0 Å². The molecule has 1 aromatic carbocycles. The van der Waals surface area contributed by atoms with Gasteiger partial charge in [-0.2, -0.15) is 0 Å². The summed E-state index contributed by atoms with van der Waals surface area (Å²) < 4.78 is 0. The molecule has 3 rings (SSSR count). The van der Waals surface area contributed by atoms with Crippen molar-refractivity contribution in [2.75, 3.05) is 0 Å². The summed E-state index contributed by atoms with van der Waals surface area (Å²) >= 11 is 0. The van der Waals surface area contributed by atoms with E-state index in [9.17, 15) is 4.79 Å². The molecule has 2 aliphatic rings. The number of fused-ring (bicyclic) bond motifs is 1. The van der Waals surface area contributed by atoms with Crippen LogP contribution in [0.1, 0.15) is 52.2 Å². The number of benzene rings is 1. The summed E-state index contributed by atoms with van der Waals surface area (Å²) in [4.78, 5) is 12.0. The maximum Gasteiger partial charge on any atom is 0.164 e. The molecule has 1 saturated carbocycles. The van der Waals surface area contributed by atoms with Crippen molar-refractivity contribution in [3.05, 3.63) is 34.4 Å². The molecule has 0 saturated heterocycles. The number of hydrogen-bond acceptors (Lipinski definition) is 1. The molecule has 1 fully saturated rings. The van der Waals surface area contributed by atoms with Gasteiger partial charge in [-0.1, -0.05) is 12.1 Å². The quantitative estimate of drug-likeness (QED) is 0.679. The van der Waals surface area contributed by atoms with E-state index in [0.29, 0.717) is 11.7 Å². The monoisotopic (exact) mass is 200 g/mol. The number of ketones is 1. The number of carbonyl (C=O) groups is 1. The first-order valence-corrected chi connectivity index (χ1v) is 5.82. The summed E-state index contributed by atoms with van der Waals surface area (Å²) in [6.07, 6.45) is 3.42. The topological polar surface area (TPSA) is 17.1 Å². The third-order valence-corrected chi connectivity index (χ3v) is 3.92. The molecule has 0 spiro atoms. The van der Waals surface area contributed by atoms with Gasteiger partial charge >= 0.3 is 0 Å². The SMILES string of the molecule is Cc1ccc(C)c2c1C(=O)CC2C1CC1. The van der Waals surface area contributed by atoms with Gasteiger partial charge in [0, 0.05) is 12.0 Å². The van der Waals surface area contributed by atoms with Crippen LogP contribution in [0.2, 0.25) is 0 Å². The predicted octanol–water partition coefficient (Wildman–Crippen LogP) is 3.38. The number of aryl methyl sites for hydroxylation is 2. The Labute approximate surface area is 90.5 Å². The fourth-order valence-electron chi connectivity index (χ4n) is 2.99. The van der Waals surface area contributed by atoms with Crippen molar-refractivity contribution in [2.24, 2.45) is 5.92 Å². The predicted molar refractivity (Wildman–Crippen MR) is 60.3 cm³/mol. The summed E-state index contributed by atoms with van der Waals surface area (Å²) in [5.41, 5.74) is 4.91. The minimum Gasteiger partial charge on any atom is -0.294 e. The maximum absolute atomic E-state index is 12.0. The molecule has 15 heavy (non-hydrogen) atoms. The molecule has 1 atom stereocenters. The van der Waals surface area contributed by atoms with Gasteiger partial charge in [0.15, 0.2) is 5.78 Å². The Kier molecular flexibility index (Phi) is 1.79. The van der Waals surface area contributed by atoms with Crippen molar-refractivity contribution in [1.29, 1.82) is 0 Å². The Balaban J connectivity index is 2.19. The van der Waals surface area contributed by atoms with Crippen LogP contribution in [0.5, 0.6) is 0 Å². The molecule has 0 radical (unpaired) electrons. The van der Waals surface area contributed by atoms with E-state index in [4.69, 9.17) is 0 Å². The molecule has 1 aromatic rings. The summed E-state index contributed by atoms with van der Waals surface area (Å²) in [5.74, 6) is 1.73. The van der Waals surface area contributed by atoms with Gasteiger partial charge in [0.2, 0.25) is 0 Å². The van der Waals surface area contributed by atoms with Crippen molar-refractivity contribution >= 4 is 5.78 Å². The molecule has 1 heteroatoms. The standard InChI is InChI=1S/C14H16O/c1-8-3-4-9(2)14-12(15)7-11(13(8)14)10-5-6-10/h3-4,10-11H,5-7H2,1-2H3. The molecule has 0 bridgehead atoms. The van der Waals surface area contributed by atoms with Gasteiger partial charge in [-0.15, -0.1) is 0 Å². The molecular formula is C14H16O. The van der Waals surface area contributed by atoms with E-state index in [2.05, 4.69) is 26.0 Å². The smallest absolute Gasteiger partial charge is 0.164 e. The third-order valence-electron chi connectivity index (χ3n) is 3.92. The van der Waals surface area contributed by atoms with Crippen LogP contribution in [0.3, 0.4) is 0 Å². The van der Waals surface area contributed by atoms with Crippen molar-refractivity contribution in [1.82, 2.24) is 0 Å². The van der Waals surface area contributed by atoms with Gasteiger partial charge in [-0.05, 0) is 55.2 Å². The van der Waals surface area contributed by atoms with Gasteiger partial charge in [0.05, 0.1) is 0 Å². The molecule has 1 nitrogen and oxygen atoms in total. The largest absolute Gasteiger partial charge is 0.294 e. The van der Waals surface area contributed by atoms with Crippen LogP contribution < -0.4 is 0 Å². The van der Waals surface area contributed by atoms with E-state index in [-0.39, 0.29) is 0 Å². The van der Waals surface area contributed by atoms with Crippen molar-refractivity contribution in [2.45, 2.75) is 39.0 Å². The summed E-state index contributed by atoms with van der Waals surface area (Å²) in [7, 11) is 0. The Morgan fingerprint density at radius 3 is 2.47 bits per heavy atom. The first-order chi connectivity index (χ1) is 7.18. The van der Waals surface area contributed by atoms with Crippen LogP contribution in [-0.2, 0) is 0 Å². The fourth-order valence-corrected chi connectivity index (χ4v) is 2.99. The summed E-state index contributed by atoms with van der Waals surface area (Å²) in [6, 6.07) is 4.25. The number of Topliss-reactive ketones (excluding diaryl/α,β-unsaturated/α-hetero) is 1. The van der Waals surface area contributed by atoms with E-state index in [1.807, 2.05) is 0 Å². The highest BCUT2D eigenvalue weighted by Gasteiger charge is 2.41. The lowest BCUT2D eigenvalue weighted by atomic mass is 9.91. The summed E-state index contributed by atoms with van der Waals surface area (Å²) in [5, 5.41) is 0. The van der Waals surface area contributed by atoms with E-state index in [1.54, 1.807) is 0 Å². The minimum atomic E-state index is 0.378. The van der Waals surface area contributed by atoms with Gasteiger partial charge in [-0.3, -0.25) is 4.79 Å². The lowest BCUT2D eigenvalue weighted by molar-refractivity contribution is 0.0986. The summed E-state index contributed by atoms with van der Waals surface area (Å²) in [6.45, 7) is 4.21. The number of carbonyl (C=O) groups excluding carboxylic acids is 1. The third kappa shape index (κ3) is 1.26. The second kappa shape index (κ2) is 2.94. The Morgan fingerprint density at radius 2 is 1.80 bits per heavy atom. The molecule has 0 aliphatic heterocycles. The molecule has 1 unspecified atom stereocenters. The zero-order valence-corrected chi connectivity index (χ0v) is 9.34. The Bertz CT molecular complexity index is 441. The second-order valence-corrected chi connectivity index (χ2v) is 5.06. The van der Waals surface area contributed by atoms with Crippen molar-refractivity contribution < 1.29 is 4.79 Å². The van der Waals surface area contributed by atoms with Gasteiger partial charge in [0.1, 0.15) is 0 Å². The average molecular weight is 200 g/mol. The number of hydrogen-bond donors (Lipinski definition) is 0. The van der Waals surface area contributed by atoms with Crippen LogP contribution in [0.15, 0.2) is 12.1 Å². The van der Waals surface area contributed by atoms with Crippen LogP contribution >= 0.6 is 0 Å². The molecule has 2 aliphatic carbocycles. The number of rotatable bonds is 1. The average Bonchev–Trinajstić information content (AvgIpc) is 2.97. The Morgan fingerprint density at radius 1 is 1.13 bits per heavy atom. The fraction of sp³-hybridized carbons (Fsp3) is 0.500. The molecule has 0 aromatic heterocycles. The van der Waals surface area contributed by atoms with E-state index in [1.165, 1.54) is 29.5 Å². The second-order valence-electron chi connectivity index (χ2n) is 5.06. The molecule has 78 valence electrons. The van der Waals surface area contributed by atoms with Crippen LogP contribution in [0, 0.1) is 19.8 Å². The van der Waals surface area contributed by atoms with Crippen LogP contribution in [0.25, 0.3) is 0 Å². The molecular weight excluding hydrogens is 184 g/mol. The lowest BCUT2D eigenvalue weighted by Crippen LogP contribution is -1.99. The van der Waals surface area contributed by atoms with Gasteiger partial charge < -0.3 is 0 Å². The first kappa shape index (κ1) is 9.14. The Hall–Kier alpha value is -1.11. The normalized spacial score (nSPS) is 24.4. The van der Waals surface area contributed by atoms with Gasteiger partial charge in [-0.25, -0.2) is 0 Å². The van der Waals surface area contributed by atoms with Crippen molar-refractivity contribution in [3.8, 4) is 0 Å². The highest BCUT2D eigenvalue weighted by Crippen LogP contribution is 2.50. The molecule has 0 amide bonds. The highest BCUT2D eigenvalue weighted by atomic mass is 16.1. The van der Waals surface area contributed by atoms with E-state index < -0.39 is 0 Å². The van der Waals surface area contributed by atoms with Crippen LogP contribution in [0.4, 0.5) is 0 Å². The lowest BCUT2D eigenvalue weighted by Gasteiger charge is -2.12. The van der Waals surface area contributed by atoms with Gasteiger partial charge in [0.25, 0.3) is 0 Å².